The van der Waals surface area contributed by atoms with Gasteiger partial charge in [-0.3, -0.25) is 9.59 Å². The van der Waals surface area contributed by atoms with Crippen molar-refractivity contribution in [2.24, 2.45) is 0 Å². The number of phenolic OH excluding ortho intramolecular Hbond substituents is 1. The van der Waals surface area contributed by atoms with E-state index in [2.05, 4.69) is 14.8 Å². The van der Waals surface area contributed by atoms with E-state index >= 15 is 0 Å². The molecule has 0 bridgehead atoms. The van der Waals surface area contributed by atoms with E-state index in [1.807, 2.05) is 0 Å². The van der Waals surface area contributed by atoms with Crippen molar-refractivity contribution in [2.45, 2.75) is 6.61 Å². The number of aromatic amines is 1. The first-order valence-corrected chi connectivity index (χ1v) is 6.14. The Labute approximate surface area is 118 Å². The first-order chi connectivity index (χ1) is 10.2. The summed E-state index contributed by atoms with van der Waals surface area (Å²) >= 11 is 0. The maximum absolute atomic E-state index is 12.1. The molecule has 3 rings (SSSR count). The van der Waals surface area contributed by atoms with Crippen LogP contribution in [0.15, 0.2) is 41.3 Å². The van der Waals surface area contributed by atoms with E-state index < -0.39 is 0 Å². The molecule has 0 aliphatic heterocycles. The smallest absolute Gasteiger partial charge is 0.293 e. The lowest BCUT2D eigenvalue weighted by molar-refractivity contribution is -0.129. The molecule has 106 valence electrons. The van der Waals surface area contributed by atoms with E-state index in [1.165, 1.54) is 10.6 Å². The Morgan fingerprint density at radius 1 is 1.38 bits per heavy atom. The summed E-state index contributed by atoms with van der Waals surface area (Å²) in [6.07, 6.45) is 1.59. The van der Waals surface area contributed by atoms with Gasteiger partial charge in [0, 0.05) is 11.8 Å². The molecular weight excluding hydrogens is 274 g/mol. The number of fused-ring (bicyclic) bond motifs is 1. The van der Waals surface area contributed by atoms with Crippen LogP contribution in [0.3, 0.4) is 0 Å². The standard InChI is InChI=1S/C14H11N3O4/c18-8-21-7-9-5-11-14(20)15-13(16-17(11)6-9)10-3-1-2-4-12(10)19/h1-6,8,19H,7H2,(H,15,16,20). The van der Waals surface area contributed by atoms with Crippen LogP contribution in [0.5, 0.6) is 5.75 Å². The summed E-state index contributed by atoms with van der Waals surface area (Å²) in [5, 5.41) is 14.1. The van der Waals surface area contributed by atoms with Crippen LogP contribution in [-0.2, 0) is 16.1 Å². The number of benzene rings is 1. The molecule has 0 saturated heterocycles. The number of nitrogens with zero attached hydrogens (tertiary/aromatic N) is 2. The number of carbonyl (C=O) groups excluding carboxylic acids is 1. The zero-order valence-electron chi connectivity index (χ0n) is 10.8. The van der Waals surface area contributed by atoms with Crippen LogP contribution in [0.4, 0.5) is 0 Å². The molecular formula is C14H11N3O4. The Morgan fingerprint density at radius 2 is 2.19 bits per heavy atom. The molecule has 7 heteroatoms. The lowest BCUT2D eigenvalue weighted by Crippen LogP contribution is -2.13. The van der Waals surface area contributed by atoms with E-state index in [9.17, 15) is 14.7 Å². The van der Waals surface area contributed by atoms with E-state index in [0.29, 0.717) is 23.1 Å². The fourth-order valence-electron chi connectivity index (χ4n) is 2.07. The lowest BCUT2D eigenvalue weighted by atomic mass is 10.2. The van der Waals surface area contributed by atoms with Gasteiger partial charge >= 0.3 is 0 Å². The monoisotopic (exact) mass is 285 g/mol. The van der Waals surface area contributed by atoms with Gasteiger partial charge in [0.15, 0.2) is 5.82 Å². The third kappa shape index (κ3) is 2.36. The van der Waals surface area contributed by atoms with Gasteiger partial charge in [-0.2, -0.15) is 0 Å². The Morgan fingerprint density at radius 3 is 2.95 bits per heavy atom. The second-order valence-electron chi connectivity index (χ2n) is 4.41. The van der Waals surface area contributed by atoms with Crippen molar-refractivity contribution in [1.82, 2.24) is 14.6 Å². The Balaban J connectivity index is 2.12. The topological polar surface area (TPSA) is 96.7 Å². The average molecular weight is 285 g/mol. The summed E-state index contributed by atoms with van der Waals surface area (Å²) in [5.41, 5.74) is 1.06. The van der Waals surface area contributed by atoms with Gasteiger partial charge in [-0.05, 0) is 18.2 Å². The summed E-state index contributed by atoms with van der Waals surface area (Å²) in [7, 11) is 0. The van der Waals surface area contributed by atoms with E-state index in [0.717, 1.165) is 0 Å². The minimum Gasteiger partial charge on any atom is -0.507 e. The zero-order chi connectivity index (χ0) is 14.8. The van der Waals surface area contributed by atoms with Crippen molar-refractivity contribution in [3.63, 3.8) is 0 Å². The molecule has 21 heavy (non-hydrogen) atoms. The minimum absolute atomic E-state index is 0.0247. The van der Waals surface area contributed by atoms with Gasteiger partial charge in [-0.25, -0.2) is 4.52 Å². The number of rotatable bonds is 4. The van der Waals surface area contributed by atoms with Crippen LogP contribution in [0.1, 0.15) is 5.56 Å². The van der Waals surface area contributed by atoms with Crippen molar-refractivity contribution in [3.05, 3.63) is 52.4 Å². The summed E-state index contributed by atoms with van der Waals surface area (Å²) in [4.78, 5) is 24.9. The highest BCUT2D eigenvalue weighted by Crippen LogP contribution is 2.24. The summed E-state index contributed by atoms with van der Waals surface area (Å²) in [5.74, 6) is 0.278. The Hall–Kier alpha value is -3.09. The number of H-pyrrole nitrogens is 1. The number of aromatic nitrogens is 3. The van der Waals surface area contributed by atoms with E-state index in [-0.39, 0.29) is 23.7 Å². The van der Waals surface area contributed by atoms with Gasteiger partial charge in [0.25, 0.3) is 12.0 Å². The summed E-state index contributed by atoms with van der Waals surface area (Å²) in [6.45, 7) is 0.408. The van der Waals surface area contributed by atoms with Crippen molar-refractivity contribution < 1.29 is 14.6 Å². The quantitative estimate of drug-likeness (QED) is 0.699. The highest BCUT2D eigenvalue weighted by Gasteiger charge is 2.10. The fraction of sp³-hybridized carbons (Fsp3) is 0.0714. The van der Waals surface area contributed by atoms with Crippen LogP contribution >= 0.6 is 0 Å². The molecule has 0 radical (unpaired) electrons. The lowest BCUT2D eigenvalue weighted by Gasteiger charge is -2.03. The second-order valence-corrected chi connectivity index (χ2v) is 4.41. The van der Waals surface area contributed by atoms with Crippen molar-refractivity contribution in [3.8, 4) is 17.1 Å². The van der Waals surface area contributed by atoms with Crippen LogP contribution in [-0.4, -0.2) is 26.2 Å². The molecule has 0 unspecified atom stereocenters. The highest BCUT2D eigenvalue weighted by molar-refractivity contribution is 5.63. The van der Waals surface area contributed by atoms with Crippen LogP contribution in [0, 0.1) is 0 Å². The first-order valence-electron chi connectivity index (χ1n) is 6.14. The number of nitrogens with one attached hydrogen (secondary N) is 1. The first kappa shape index (κ1) is 12.9. The number of carbonyl (C=O) groups is 1. The molecule has 2 heterocycles. The number of phenols is 1. The fourth-order valence-corrected chi connectivity index (χ4v) is 2.07. The number of para-hydroxylation sites is 1. The van der Waals surface area contributed by atoms with Crippen LogP contribution in [0.25, 0.3) is 16.9 Å². The van der Waals surface area contributed by atoms with Gasteiger partial charge in [0.2, 0.25) is 0 Å². The second kappa shape index (κ2) is 5.12. The van der Waals surface area contributed by atoms with Gasteiger partial charge in [0.05, 0.1) is 5.56 Å². The number of aromatic hydroxyl groups is 1. The van der Waals surface area contributed by atoms with Gasteiger partial charge in [0.1, 0.15) is 17.9 Å². The van der Waals surface area contributed by atoms with E-state index in [1.54, 1.807) is 30.5 Å². The normalized spacial score (nSPS) is 10.7. The Bertz CT molecular complexity index is 866. The van der Waals surface area contributed by atoms with Crippen molar-refractivity contribution in [1.29, 1.82) is 0 Å². The maximum Gasteiger partial charge on any atom is 0.293 e. The van der Waals surface area contributed by atoms with Crippen molar-refractivity contribution >= 4 is 12.0 Å². The SMILES string of the molecule is O=COCc1cc2c(=O)[nH]c(-c3ccccc3O)nn2c1. The largest absolute Gasteiger partial charge is 0.507 e. The number of hydrogen-bond donors (Lipinski definition) is 2. The number of ether oxygens (including phenoxy) is 1. The molecule has 0 aliphatic carbocycles. The maximum atomic E-state index is 12.1. The van der Waals surface area contributed by atoms with Gasteiger partial charge in [-0.1, -0.05) is 12.1 Å². The van der Waals surface area contributed by atoms with Gasteiger partial charge in [-0.15, -0.1) is 5.10 Å². The van der Waals surface area contributed by atoms with Gasteiger partial charge < -0.3 is 14.8 Å². The molecule has 0 saturated carbocycles. The Kier molecular flexibility index (Phi) is 3.15. The predicted octanol–water partition coefficient (Wildman–Crippen LogP) is 1.07. The highest BCUT2D eigenvalue weighted by atomic mass is 16.5. The molecule has 0 fully saturated rings. The van der Waals surface area contributed by atoms with Crippen LogP contribution in [0.2, 0.25) is 0 Å². The van der Waals surface area contributed by atoms with Crippen molar-refractivity contribution in [2.75, 3.05) is 0 Å². The molecule has 7 nitrogen and oxygen atoms in total. The molecule has 3 aromatic rings. The molecule has 0 atom stereocenters. The minimum atomic E-state index is -0.347. The summed E-state index contributed by atoms with van der Waals surface area (Å²) in [6, 6.07) is 8.17. The third-order valence-electron chi connectivity index (χ3n) is 3.01. The van der Waals surface area contributed by atoms with Crippen LogP contribution < -0.4 is 5.56 Å². The molecule has 0 spiro atoms. The molecule has 2 aromatic heterocycles. The number of hydrogen-bond acceptors (Lipinski definition) is 5. The molecule has 2 N–H and O–H groups in total. The molecule has 1 aromatic carbocycles. The average Bonchev–Trinajstić information content (AvgIpc) is 2.89. The molecule has 0 aliphatic rings. The third-order valence-corrected chi connectivity index (χ3v) is 3.01. The molecule has 0 amide bonds. The zero-order valence-corrected chi connectivity index (χ0v) is 10.8. The predicted molar refractivity (Wildman–Crippen MR) is 73.8 cm³/mol. The summed E-state index contributed by atoms with van der Waals surface area (Å²) < 4.78 is 6.04. The van der Waals surface area contributed by atoms with E-state index in [4.69, 9.17) is 0 Å².